The van der Waals surface area contributed by atoms with E-state index in [-0.39, 0.29) is 0 Å². The predicted octanol–water partition coefficient (Wildman–Crippen LogP) is 0.556. The first-order valence-corrected chi connectivity index (χ1v) is 5.62. The van der Waals surface area contributed by atoms with Crippen LogP contribution in [-0.2, 0) is 14.4 Å². The zero-order valence-corrected chi connectivity index (χ0v) is 11.0. The normalized spacial score (nSPS) is 12.9. The molecule has 0 bridgehead atoms. The van der Waals surface area contributed by atoms with Gasteiger partial charge < -0.3 is 14.9 Å². The van der Waals surface area contributed by atoms with Gasteiger partial charge in [0.05, 0.1) is 7.11 Å². The maximum absolute atomic E-state index is 12.0. The van der Waals surface area contributed by atoms with Crippen LogP contribution >= 0.6 is 0 Å². The van der Waals surface area contributed by atoms with E-state index in [9.17, 15) is 19.7 Å². The quantitative estimate of drug-likeness (QED) is 0.464. The van der Waals surface area contributed by atoms with Gasteiger partial charge in [-0.3, -0.25) is 4.79 Å². The highest BCUT2D eigenvalue weighted by atomic mass is 16.9. The molecule has 8 heteroatoms. The van der Waals surface area contributed by atoms with Crippen molar-refractivity contribution in [3.63, 3.8) is 0 Å². The molecule has 0 heterocycles. The molecular formula is C12H14N2O6. The Labute approximate surface area is 114 Å². The molecule has 0 aliphatic rings. The highest BCUT2D eigenvalue weighted by molar-refractivity contribution is 5.98. The number of nitrogens with zero attached hydrogens (tertiary/aromatic N) is 1. The smallest absolute Gasteiger partial charge is 0.333 e. The Morgan fingerprint density at radius 2 is 1.95 bits per heavy atom. The van der Waals surface area contributed by atoms with Gasteiger partial charge in [-0.05, 0) is 19.1 Å². The predicted molar refractivity (Wildman–Crippen MR) is 67.3 cm³/mol. The van der Waals surface area contributed by atoms with E-state index in [1.807, 2.05) is 0 Å². The second-order valence-corrected chi connectivity index (χ2v) is 4.14. The molecular weight excluding hydrogens is 268 g/mol. The maximum Gasteiger partial charge on any atom is 0.333 e. The number of nitrogens with one attached hydrogen (secondary N) is 1. The zero-order valence-electron chi connectivity index (χ0n) is 11.0. The summed E-state index contributed by atoms with van der Waals surface area (Å²) in [5.74, 6) is -1.41. The second-order valence-electron chi connectivity index (χ2n) is 4.14. The van der Waals surface area contributed by atoms with E-state index in [2.05, 4.69) is 14.9 Å². The number of amides is 1. The summed E-state index contributed by atoms with van der Waals surface area (Å²) in [4.78, 5) is 38.1. The molecule has 0 radical (unpaired) electrons. The van der Waals surface area contributed by atoms with Crippen molar-refractivity contribution in [2.45, 2.75) is 12.5 Å². The molecule has 1 amide bonds. The fourth-order valence-corrected chi connectivity index (χ4v) is 1.47. The summed E-state index contributed by atoms with van der Waals surface area (Å²) < 4.78 is 4.53. The van der Waals surface area contributed by atoms with Crippen LogP contribution in [0.4, 0.5) is 0 Å². The van der Waals surface area contributed by atoms with Gasteiger partial charge in [-0.2, -0.15) is 0 Å². The summed E-state index contributed by atoms with van der Waals surface area (Å²) in [5, 5.41) is 11.6. The van der Waals surface area contributed by atoms with Gasteiger partial charge in [0.2, 0.25) is 0 Å². The third-order valence-corrected chi connectivity index (χ3v) is 2.52. The van der Waals surface area contributed by atoms with Gasteiger partial charge in [0, 0.05) is 5.56 Å². The molecule has 1 rings (SSSR count). The monoisotopic (exact) mass is 282 g/mol. The highest BCUT2D eigenvalue weighted by Crippen LogP contribution is 2.10. The van der Waals surface area contributed by atoms with Crippen molar-refractivity contribution in [1.29, 1.82) is 0 Å². The van der Waals surface area contributed by atoms with Gasteiger partial charge in [-0.25, -0.2) is 4.79 Å². The lowest BCUT2D eigenvalue weighted by atomic mass is 10.0. The average Bonchev–Trinajstić information content (AvgIpc) is 2.45. The third-order valence-electron chi connectivity index (χ3n) is 2.52. The number of rotatable bonds is 6. The summed E-state index contributed by atoms with van der Waals surface area (Å²) in [6.45, 7) is 0.633. The Bertz CT molecular complexity index is 504. The molecule has 0 saturated carbocycles. The van der Waals surface area contributed by atoms with E-state index < -0.39 is 29.1 Å². The highest BCUT2D eigenvalue weighted by Gasteiger charge is 2.37. The molecule has 0 aliphatic heterocycles. The van der Waals surface area contributed by atoms with E-state index in [1.165, 1.54) is 6.92 Å². The van der Waals surface area contributed by atoms with Gasteiger partial charge in [-0.1, -0.05) is 18.2 Å². The first-order chi connectivity index (χ1) is 9.39. The lowest BCUT2D eigenvalue weighted by Gasteiger charge is -2.26. The average molecular weight is 282 g/mol. The summed E-state index contributed by atoms with van der Waals surface area (Å²) in [7, 11) is 1.11. The summed E-state index contributed by atoms with van der Waals surface area (Å²) in [5.41, 5.74) is -1.35. The molecule has 108 valence electrons. The van der Waals surface area contributed by atoms with Crippen LogP contribution in [0.3, 0.4) is 0 Å². The molecule has 1 unspecified atom stereocenters. The fourth-order valence-electron chi connectivity index (χ4n) is 1.47. The molecule has 1 aromatic carbocycles. The number of carbonyl (C=O) groups is 2. The molecule has 1 atom stereocenters. The number of benzene rings is 1. The molecule has 0 aromatic heterocycles. The molecule has 0 fully saturated rings. The molecule has 20 heavy (non-hydrogen) atoms. The SMILES string of the molecule is COC(=O)C(C)(CO[N+](=O)[O-])NC(=O)c1ccccc1. The minimum absolute atomic E-state index is 0.309. The van der Waals surface area contributed by atoms with Crippen LogP contribution < -0.4 is 5.32 Å². The lowest BCUT2D eigenvalue weighted by Crippen LogP contribution is -2.56. The van der Waals surface area contributed by atoms with Crippen molar-refractivity contribution in [3.05, 3.63) is 46.0 Å². The molecule has 0 aliphatic carbocycles. The Hall–Kier alpha value is -2.64. The van der Waals surface area contributed by atoms with Crippen LogP contribution in [-0.4, -0.2) is 36.2 Å². The van der Waals surface area contributed by atoms with Crippen LogP contribution in [0.15, 0.2) is 30.3 Å². The van der Waals surface area contributed by atoms with Crippen LogP contribution in [0.25, 0.3) is 0 Å². The molecule has 1 N–H and O–H groups in total. The number of ether oxygens (including phenoxy) is 1. The topological polar surface area (TPSA) is 108 Å². The van der Waals surface area contributed by atoms with Crippen LogP contribution in [0, 0.1) is 10.1 Å². The summed E-state index contributed by atoms with van der Waals surface area (Å²) >= 11 is 0. The Balaban J connectivity index is 2.87. The molecule has 0 spiro atoms. The fraction of sp³-hybridized carbons (Fsp3) is 0.333. The Morgan fingerprint density at radius 3 is 2.45 bits per heavy atom. The van der Waals surface area contributed by atoms with Gasteiger partial charge in [0.25, 0.3) is 11.0 Å². The molecule has 8 nitrogen and oxygen atoms in total. The Morgan fingerprint density at radius 1 is 1.35 bits per heavy atom. The summed E-state index contributed by atoms with van der Waals surface area (Å²) in [6, 6.07) is 8.12. The van der Waals surface area contributed by atoms with Crippen molar-refractivity contribution in [3.8, 4) is 0 Å². The van der Waals surface area contributed by atoms with Crippen molar-refractivity contribution in [2.75, 3.05) is 13.7 Å². The van der Waals surface area contributed by atoms with Crippen molar-refractivity contribution < 1.29 is 24.3 Å². The Kier molecular flexibility index (Phi) is 5.01. The largest absolute Gasteiger partial charge is 0.467 e. The van der Waals surface area contributed by atoms with E-state index >= 15 is 0 Å². The van der Waals surface area contributed by atoms with Gasteiger partial charge in [0.1, 0.15) is 6.61 Å². The third kappa shape index (κ3) is 3.94. The van der Waals surface area contributed by atoms with E-state index in [1.54, 1.807) is 30.3 Å². The van der Waals surface area contributed by atoms with Crippen molar-refractivity contribution in [2.24, 2.45) is 0 Å². The summed E-state index contributed by atoms with van der Waals surface area (Å²) in [6.07, 6.45) is 0. The maximum atomic E-state index is 12.0. The number of methoxy groups -OCH3 is 1. The lowest BCUT2D eigenvalue weighted by molar-refractivity contribution is -0.759. The minimum atomic E-state index is -1.66. The van der Waals surface area contributed by atoms with Crippen LogP contribution in [0.2, 0.25) is 0 Å². The van der Waals surface area contributed by atoms with Crippen molar-refractivity contribution in [1.82, 2.24) is 5.32 Å². The standard InChI is InChI=1S/C12H14N2O6/c1-12(11(16)19-2,8-20-14(17)18)13-10(15)9-6-4-3-5-7-9/h3-7H,8H2,1-2H3,(H,13,15). The second kappa shape index (κ2) is 6.50. The van der Waals surface area contributed by atoms with Crippen molar-refractivity contribution >= 4 is 11.9 Å². The number of carbonyl (C=O) groups excluding carboxylic acids is 2. The van der Waals surface area contributed by atoms with Crippen LogP contribution in [0.1, 0.15) is 17.3 Å². The first-order valence-electron chi connectivity index (χ1n) is 5.62. The van der Waals surface area contributed by atoms with E-state index in [4.69, 9.17) is 0 Å². The van der Waals surface area contributed by atoms with Gasteiger partial charge >= 0.3 is 5.97 Å². The number of esters is 1. The van der Waals surface area contributed by atoms with Crippen LogP contribution in [0.5, 0.6) is 0 Å². The molecule has 0 saturated heterocycles. The minimum Gasteiger partial charge on any atom is -0.467 e. The number of hydrogen-bond acceptors (Lipinski definition) is 6. The van der Waals surface area contributed by atoms with E-state index in [0.29, 0.717) is 5.56 Å². The van der Waals surface area contributed by atoms with Gasteiger partial charge in [0.15, 0.2) is 5.54 Å². The van der Waals surface area contributed by atoms with E-state index in [0.717, 1.165) is 7.11 Å². The number of hydrogen-bond donors (Lipinski definition) is 1. The van der Waals surface area contributed by atoms with Gasteiger partial charge in [-0.15, -0.1) is 10.1 Å². The first kappa shape index (κ1) is 15.4. The molecule has 1 aromatic rings. The zero-order chi connectivity index (χ0) is 15.2.